The molecule has 0 bridgehead atoms. The van der Waals surface area contributed by atoms with Crippen LogP contribution in [0, 0.1) is 0 Å². The minimum Gasteiger partial charge on any atom is -0.497 e. The maximum absolute atomic E-state index is 13.0. The number of hydrogen-bond donors (Lipinski definition) is 1. The first-order chi connectivity index (χ1) is 13.5. The number of allylic oxidation sites excluding steroid dienone is 1. The highest BCUT2D eigenvalue weighted by molar-refractivity contribution is 6.12. The molecule has 1 N–H and O–H groups in total. The maximum atomic E-state index is 13.0. The van der Waals surface area contributed by atoms with Crippen LogP contribution >= 0.6 is 0 Å². The average Bonchev–Trinajstić information content (AvgIpc) is 3.13. The molecule has 0 fully saturated rings. The van der Waals surface area contributed by atoms with Gasteiger partial charge in [-0.3, -0.25) is 4.79 Å². The Morgan fingerprint density at radius 2 is 1.61 bits per heavy atom. The third kappa shape index (κ3) is 3.53. The summed E-state index contributed by atoms with van der Waals surface area (Å²) in [5.74, 6) is 1.96. The number of H-pyrrole nitrogens is 1. The number of fused-ring (bicyclic) bond motifs is 1. The molecule has 0 saturated heterocycles. The van der Waals surface area contributed by atoms with Crippen molar-refractivity contribution < 1.29 is 23.7 Å². The maximum Gasteiger partial charge on any atom is 0.203 e. The highest BCUT2D eigenvalue weighted by Crippen LogP contribution is 2.38. The quantitative estimate of drug-likeness (QED) is 0.482. The highest BCUT2D eigenvalue weighted by Gasteiger charge is 2.18. The molecule has 28 heavy (non-hydrogen) atoms. The van der Waals surface area contributed by atoms with Crippen LogP contribution in [0.3, 0.4) is 0 Å². The average molecular weight is 381 g/mol. The smallest absolute Gasteiger partial charge is 0.203 e. The van der Waals surface area contributed by atoms with Gasteiger partial charge in [0.15, 0.2) is 17.3 Å². The summed E-state index contributed by atoms with van der Waals surface area (Å²) in [5.41, 5.74) is 2.92. The predicted octanol–water partition coefficient (Wildman–Crippen LogP) is 4.49. The van der Waals surface area contributed by atoms with Gasteiger partial charge in [0.25, 0.3) is 0 Å². The lowest BCUT2D eigenvalue weighted by Crippen LogP contribution is -2.03. The normalized spacial score (nSPS) is 11.4. The molecule has 2 aromatic carbocycles. The van der Waals surface area contributed by atoms with E-state index in [4.69, 9.17) is 18.9 Å². The van der Waals surface area contributed by atoms with Gasteiger partial charge in [0.1, 0.15) is 5.75 Å². The number of benzene rings is 2. The number of ether oxygens (including phenoxy) is 4. The second-order valence-electron chi connectivity index (χ2n) is 6.23. The van der Waals surface area contributed by atoms with Gasteiger partial charge in [0, 0.05) is 28.2 Å². The second kappa shape index (κ2) is 8.08. The molecule has 0 aliphatic carbocycles. The van der Waals surface area contributed by atoms with Gasteiger partial charge in [-0.2, -0.15) is 0 Å². The van der Waals surface area contributed by atoms with Gasteiger partial charge >= 0.3 is 0 Å². The lowest BCUT2D eigenvalue weighted by atomic mass is 10.0. The SMILES string of the molecule is COc1ccc2[nH]cc(/C=C(\C)C(=O)c3cc(OC)c(OC)c(OC)c3)c2c1. The van der Waals surface area contributed by atoms with Crippen molar-refractivity contribution in [3.05, 3.63) is 53.2 Å². The molecule has 6 nitrogen and oxygen atoms in total. The van der Waals surface area contributed by atoms with Gasteiger partial charge in [0.05, 0.1) is 28.4 Å². The van der Waals surface area contributed by atoms with Crippen molar-refractivity contribution in [2.24, 2.45) is 0 Å². The molecule has 146 valence electrons. The van der Waals surface area contributed by atoms with Crippen LogP contribution in [-0.4, -0.2) is 39.2 Å². The third-order valence-corrected chi connectivity index (χ3v) is 4.58. The first kappa shape index (κ1) is 19.4. The van der Waals surface area contributed by atoms with E-state index in [-0.39, 0.29) is 5.78 Å². The molecule has 1 aromatic heterocycles. The number of rotatable bonds is 7. The van der Waals surface area contributed by atoms with E-state index in [2.05, 4.69) is 4.98 Å². The van der Waals surface area contributed by atoms with Gasteiger partial charge in [0.2, 0.25) is 5.75 Å². The number of aromatic nitrogens is 1. The number of hydrogen-bond acceptors (Lipinski definition) is 5. The highest BCUT2D eigenvalue weighted by atomic mass is 16.5. The van der Waals surface area contributed by atoms with Crippen LogP contribution in [-0.2, 0) is 0 Å². The molecular weight excluding hydrogens is 358 g/mol. The molecular formula is C22H23NO5. The fourth-order valence-corrected chi connectivity index (χ4v) is 3.11. The van der Waals surface area contributed by atoms with E-state index in [0.717, 1.165) is 22.2 Å². The standard InChI is InChI=1S/C22H23NO5/c1-13(8-15-12-23-18-7-6-16(25-2)11-17(15)18)21(24)14-9-19(26-3)22(28-5)20(10-14)27-4/h6-12,23H,1-5H3/b13-8+. The minimum atomic E-state index is -0.128. The first-order valence-corrected chi connectivity index (χ1v) is 8.70. The lowest BCUT2D eigenvalue weighted by Gasteiger charge is -2.13. The van der Waals surface area contributed by atoms with E-state index in [1.807, 2.05) is 30.5 Å². The van der Waals surface area contributed by atoms with E-state index in [0.29, 0.717) is 28.4 Å². The second-order valence-corrected chi connectivity index (χ2v) is 6.23. The van der Waals surface area contributed by atoms with E-state index in [1.165, 1.54) is 21.3 Å². The van der Waals surface area contributed by atoms with Crippen LogP contribution in [0.4, 0.5) is 0 Å². The van der Waals surface area contributed by atoms with Gasteiger partial charge in [-0.25, -0.2) is 0 Å². The van der Waals surface area contributed by atoms with Crippen LogP contribution in [0.5, 0.6) is 23.0 Å². The molecule has 3 rings (SSSR count). The van der Waals surface area contributed by atoms with Crippen molar-refractivity contribution in [1.82, 2.24) is 4.98 Å². The fraction of sp³-hybridized carbons (Fsp3) is 0.227. The zero-order chi connectivity index (χ0) is 20.3. The van der Waals surface area contributed by atoms with Crippen molar-refractivity contribution >= 4 is 22.8 Å². The minimum absolute atomic E-state index is 0.128. The fourth-order valence-electron chi connectivity index (χ4n) is 3.11. The largest absolute Gasteiger partial charge is 0.497 e. The molecule has 0 amide bonds. The van der Waals surface area contributed by atoms with Gasteiger partial charge in [-0.15, -0.1) is 0 Å². The van der Waals surface area contributed by atoms with Crippen LogP contribution in [0.1, 0.15) is 22.8 Å². The Balaban J connectivity index is 2.01. The Morgan fingerprint density at radius 3 is 2.18 bits per heavy atom. The Morgan fingerprint density at radius 1 is 0.929 bits per heavy atom. The molecule has 0 unspecified atom stereocenters. The van der Waals surface area contributed by atoms with Gasteiger partial charge in [-0.05, 0) is 48.9 Å². The van der Waals surface area contributed by atoms with Crippen LogP contribution < -0.4 is 18.9 Å². The molecule has 0 aliphatic rings. The molecule has 0 aliphatic heterocycles. The van der Waals surface area contributed by atoms with Crippen LogP contribution in [0.25, 0.3) is 17.0 Å². The van der Waals surface area contributed by atoms with Crippen molar-refractivity contribution in [2.75, 3.05) is 28.4 Å². The summed E-state index contributed by atoms with van der Waals surface area (Å²) in [7, 11) is 6.20. The Kier molecular flexibility index (Phi) is 5.59. The molecule has 0 atom stereocenters. The van der Waals surface area contributed by atoms with Crippen LogP contribution in [0.2, 0.25) is 0 Å². The summed E-state index contributed by atoms with van der Waals surface area (Å²) < 4.78 is 21.3. The Hall–Kier alpha value is -3.41. The monoisotopic (exact) mass is 381 g/mol. The van der Waals surface area contributed by atoms with Gasteiger partial charge in [-0.1, -0.05) is 0 Å². The van der Waals surface area contributed by atoms with E-state index in [1.54, 1.807) is 26.2 Å². The summed E-state index contributed by atoms with van der Waals surface area (Å²) in [6.07, 6.45) is 3.72. The van der Waals surface area contributed by atoms with E-state index >= 15 is 0 Å². The lowest BCUT2D eigenvalue weighted by molar-refractivity contribution is 0.103. The topological polar surface area (TPSA) is 69.8 Å². The molecule has 6 heteroatoms. The first-order valence-electron chi connectivity index (χ1n) is 8.70. The Bertz CT molecular complexity index is 1020. The van der Waals surface area contributed by atoms with Gasteiger partial charge < -0.3 is 23.9 Å². The molecule has 0 saturated carbocycles. The number of carbonyl (C=O) groups is 1. The summed E-state index contributed by atoms with van der Waals surface area (Å²) in [4.78, 5) is 16.2. The summed E-state index contributed by atoms with van der Waals surface area (Å²) in [6.45, 7) is 1.78. The number of ketones is 1. The number of methoxy groups -OCH3 is 4. The molecule has 0 radical (unpaired) electrons. The number of aromatic amines is 1. The van der Waals surface area contributed by atoms with E-state index in [9.17, 15) is 4.79 Å². The van der Waals surface area contributed by atoms with Crippen molar-refractivity contribution in [3.63, 3.8) is 0 Å². The van der Waals surface area contributed by atoms with E-state index < -0.39 is 0 Å². The number of Topliss-reactive ketones (excluding diaryl/α,β-unsaturated/α-hetero) is 1. The summed E-state index contributed by atoms with van der Waals surface area (Å²) in [5, 5.41) is 0.983. The number of nitrogens with one attached hydrogen (secondary N) is 1. The summed E-state index contributed by atoms with van der Waals surface area (Å²) >= 11 is 0. The predicted molar refractivity (Wildman–Crippen MR) is 109 cm³/mol. The zero-order valence-corrected chi connectivity index (χ0v) is 16.6. The number of carbonyl (C=O) groups excluding carboxylic acids is 1. The molecule has 3 aromatic rings. The Labute approximate surface area is 163 Å². The zero-order valence-electron chi connectivity index (χ0n) is 16.6. The van der Waals surface area contributed by atoms with Crippen molar-refractivity contribution in [1.29, 1.82) is 0 Å². The van der Waals surface area contributed by atoms with Crippen LogP contribution in [0.15, 0.2) is 42.1 Å². The van der Waals surface area contributed by atoms with Crippen molar-refractivity contribution in [2.45, 2.75) is 6.92 Å². The summed E-state index contributed by atoms with van der Waals surface area (Å²) in [6, 6.07) is 9.08. The van der Waals surface area contributed by atoms with Crippen molar-refractivity contribution in [3.8, 4) is 23.0 Å². The molecule has 0 spiro atoms. The third-order valence-electron chi connectivity index (χ3n) is 4.58. The molecule has 1 heterocycles.